The topological polar surface area (TPSA) is 29.1 Å². The van der Waals surface area contributed by atoms with Crippen molar-refractivity contribution in [3.8, 4) is 0 Å². The second kappa shape index (κ2) is 3.71. The summed E-state index contributed by atoms with van der Waals surface area (Å²) in [6.07, 6.45) is 0.361. The number of hydrogen-bond donors (Lipinski definition) is 1. The van der Waals surface area contributed by atoms with E-state index in [-0.39, 0.29) is 0 Å². The highest BCUT2D eigenvalue weighted by Crippen LogP contribution is 2.31. The molecular weight excluding hydrogens is 208 g/mol. The summed E-state index contributed by atoms with van der Waals surface area (Å²) in [7, 11) is 0. The van der Waals surface area contributed by atoms with E-state index < -0.39 is 9.29 Å². The molecule has 0 aliphatic carbocycles. The first-order valence-electron chi connectivity index (χ1n) is 1.89. The van der Waals surface area contributed by atoms with Crippen LogP contribution < -0.4 is 5.32 Å². The van der Waals surface area contributed by atoms with Crippen LogP contribution in [0.4, 0.5) is 0 Å². The fourth-order valence-corrected chi connectivity index (χ4v) is 0.395. The molecule has 0 rings (SSSR count). The van der Waals surface area contributed by atoms with Gasteiger partial charge in [0.2, 0.25) is 10.2 Å². The first kappa shape index (κ1) is 9.63. The van der Waals surface area contributed by atoms with Gasteiger partial charge >= 0.3 is 0 Å². The Hall–Kier alpha value is 0.630. The predicted molar refractivity (Wildman–Crippen MR) is 39.1 cm³/mol. The van der Waals surface area contributed by atoms with Crippen LogP contribution in [0.5, 0.6) is 0 Å². The van der Waals surface area contributed by atoms with E-state index in [1.807, 2.05) is 0 Å². The molecule has 0 aliphatic rings. The summed E-state index contributed by atoms with van der Waals surface area (Å²) >= 11 is 21.0. The predicted octanol–water partition coefficient (Wildman–Crippen LogP) is 1.67. The van der Waals surface area contributed by atoms with Gasteiger partial charge in [0.15, 0.2) is 5.50 Å². The second-order valence-corrected chi connectivity index (χ2v) is 3.99. The van der Waals surface area contributed by atoms with Crippen LogP contribution in [0.1, 0.15) is 0 Å². The van der Waals surface area contributed by atoms with E-state index in [0.29, 0.717) is 6.41 Å². The van der Waals surface area contributed by atoms with E-state index in [9.17, 15) is 4.79 Å². The summed E-state index contributed by atoms with van der Waals surface area (Å²) in [5, 5.41) is 2.07. The lowest BCUT2D eigenvalue weighted by atomic mass is 10.7. The number of halogens is 4. The van der Waals surface area contributed by atoms with Gasteiger partial charge in [-0.15, -0.1) is 0 Å². The van der Waals surface area contributed by atoms with Gasteiger partial charge in [0.25, 0.3) is 0 Å². The normalized spacial score (nSPS) is 14.7. The maximum absolute atomic E-state index is 9.69. The maximum atomic E-state index is 9.69. The van der Waals surface area contributed by atoms with Crippen LogP contribution >= 0.6 is 46.4 Å². The number of nitrogens with one attached hydrogen (secondary N) is 1. The third-order valence-corrected chi connectivity index (χ3v) is 1.94. The largest absolute Gasteiger partial charge is 0.339 e. The highest BCUT2D eigenvalue weighted by Gasteiger charge is 2.29. The van der Waals surface area contributed by atoms with E-state index in [1.54, 1.807) is 0 Å². The van der Waals surface area contributed by atoms with Gasteiger partial charge in [-0.2, -0.15) is 0 Å². The molecule has 0 aromatic heterocycles. The summed E-state index contributed by atoms with van der Waals surface area (Å²) in [4.78, 5) is 9.69. The molecule has 0 bridgehead atoms. The van der Waals surface area contributed by atoms with Crippen LogP contribution in [-0.4, -0.2) is 15.7 Å². The Balaban J connectivity index is 3.72. The van der Waals surface area contributed by atoms with Crippen LogP contribution in [0.2, 0.25) is 0 Å². The molecule has 0 aromatic rings. The lowest BCUT2D eigenvalue weighted by molar-refractivity contribution is -0.109. The van der Waals surface area contributed by atoms with Crippen LogP contribution in [0.25, 0.3) is 0 Å². The lowest BCUT2D eigenvalue weighted by Crippen LogP contribution is -2.34. The van der Waals surface area contributed by atoms with Crippen molar-refractivity contribution in [3.05, 3.63) is 0 Å². The maximum Gasteiger partial charge on any atom is 0.224 e. The Labute approximate surface area is 72.4 Å². The molecule has 9 heavy (non-hydrogen) atoms. The van der Waals surface area contributed by atoms with Crippen LogP contribution in [0.15, 0.2) is 0 Å². The van der Waals surface area contributed by atoms with Crippen molar-refractivity contribution >= 4 is 52.8 Å². The number of hydrogen-bond acceptors (Lipinski definition) is 1. The van der Waals surface area contributed by atoms with Crippen molar-refractivity contribution in [3.63, 3.8) is 0 Å². The van der Waals surface area contributed by atoms with Crippen LogP contribution in [0.3, 0.4) is 0 Å². The van der Waals surface area contributed by atoms with Crippen molar-refractivity contribution < 1.29 is 4.79 Å². The summed E-state index contributed by atoms with van der Waals surface area (Å²) in [6.45, 7) is 0. The van der Waals surface area contributed by atoms with Crippen molar-refractivity contribution in [2.24, 2.45) is 0 Å². The van der Waals surface area contributed by atoms with Gasteiger partial charge in [-0.05, 0) is 0 Å². The summed E-state index contributed by atoms with van der Waals surface area (Å²) in [5.41, 5.74) is -0.986. The number of rotatable bonds is 2. The molecule has 0 unspecified atom stereocenters. The molecule has 1 N–H and O–H groups in total. The smallest absolute Gasteiger partial charge is 0.224 e. The van der Waals surface area contributed by atoms with Crippen molar-refractivity contribution in [2.75, 3.05) is 0 Å². The monoisotopic (exact) mass is 209 g/mol. The Bertz CT molecular complexity index is 100. The SMILES string of the molecule is O=CN[C@@H](Cl)C(Cl)(Cl)Cl. The van der Waals surface area contributed by atoms with E-state index in [2.05, 4.69) is 5.32 Å². The van der Waals surface area contributed by atoms with Crippen molar-refractivity contribution in [1.82, 2.24) is 5.32 Å². The minimum absolute atomic E-state index is 0.361. The van der Waals surface area contributed by atoms with Crippen molar-refractivity contribution in [2.45, 2.75) is 9.29 Å². The van der Waals surface area contributed by atoms with E-state index in [1.165, 1.54) is 0 Å². The lowest BCUT2D eigenvalue weighted by Gasteiger charge is -2.15. The van der Waals surface area contributed by atoms with Gasteiger partial charge in [-0.1, -0.05) is 46.4 Å². The quantitative estimate of drug-likeness (QED) is 0.420. The molecule has 0 radical (unpaired) electrons. The first-order valence-corrected chi connectivity index (χ1v) is 3.46. The highest BCUT2D eigenvalue weighted by molar-refractivity contribution is 6.70. The molecule has 6 heteroatoms. The van der Waals surface area contributed by atoms with Crippen LogP contribution in [-0.2, 0) is 4.79 Å². The van der Waals surface area contributed by atoms with Gasteiger partial charge in [0.1, 0.15) is 0 Å². The summed E-state index contributed by atoms with van der Waals surface area (Å²) in [5.74, 6) is 0. The summed E-state index contributed by atoms with van der Waals surface area (Å²) < 4.78 is -1.65. The molecule has 0 heterocycles. The number of amides is 1. The molecule has 0 spiro atoms. The standard InChI is InChI=1S/C3H3Cl4NO/c4-2(8-1-9)3(5,6)7/h1-2H,(H,8,9)/t2-/m1/s1. The molecule has 2 nitrogen and oxygen atoms in total. The third kappa shape index (κ3) is 4.09. The van der Waals surface area contributed by atoms with Gasteiger partial charge in [0.05, 0.1) is 0 Å². The fourth-order valence-electron chi connectivity index (χ4n) is 0.154. The van der Waals surface area contributed by atoms with Gasteiger partial charge in [0, 0.05) is 0 Å². The Morgan fingerprint density at radius 1 is 1.44 bits per heavy atom. The van der Waals surface area contributed by atoms with E-state index >= 15 is 0 Å². The second-order valence-electron chi connectivity index (χ2n) is 1.19. The Kier molecular flexibility index (Phi) is 3.97. The minimum atomic E-state index is -1.65. The molecule has 54 valence electrons. The van der Waals surface area contributed by atoms with Gasteiger partial charge in [-0.3, -0.25) is 4.79 Å². The molecule has 1 amide bonds. The molecule has 0 saturated heterocycles. The molecular formula is C3H3Cl4NO. The number of carbonyl (C=O) groups is 1. The Morgan fingerprint density at radius 3 is 2.00 bits per heavy atom. The first-order chi connectivity index (χ1) is 3.98. The van der Waals surface area contributed by atoms with Gasteiger partial charge < -0.3 is 5.32 Å². The average molecular weight is 211 g/mol. The van der Waals surface area contributed by atoms with E-state index in [4.69, 9.17) is 46.4 Å². The van der Waals surface area contributed by atoms with Crippen molar-refractivity contribution in [1.29, 1.82) is 0 Å². The Morgan fingerprint density at radius 2 is 1.89 bits per heavy atom. The summed E-state index contributed by atoms with van der Waals surface area (Å²) in [6, 6.07) is 0. The molecule has 0 saturated carbocycles. The zero-order valence-corrected chi connectivity index (χ0v) is 7.10. The molecule has 1 atom stereocenters. The zero-order valence-electron chi connectivity index (χ0n) is 4.07. The molecule has 0 aromatic carbocycles. The van der Waals surface area contributed by atoms with E-state index in [0.717, 1.165) is 0 Å². The average Bonchev–Trinajstić information content (AvgIpc) is 1.64. The highest BCUT2D eigenvalue weighted by atomic mass is 35.6. The number of alkyl halides is 4. The minimum Gasteiger partial charge on any atom is -0.339 e. The fraction of sp³-hybridized carbons (Fsp3) is 0.667. The van der Waals surface area contributed by atoms with Gasteiger partial charge in [-0.25, -0.2) is 0 Å². The molecule has 0 fully saturated rings. The molecule has 0 aliphatic heterocycles. The van der Waals surface area contributed by atoms with Crippen LogP contribution in [0, 0.1) is 0 Å². The zero-order chi connectivity index (χ0) is 7.49. The third-order valence-electron chi connectivity index (χ3n) is 0.502. The number of carbonyl (C=O) groups excluding carboxylic acids is 1.